The molecule has 1 fully saturated rings. The highest BCUT2D eigenvalue weighted by atomic mass is 16.5. The summed E-state index contributed by atoms with van der Waals surface area (Å²) in [6, 6.07) is 8.34. The van der Waals surface area contributed by atoms with Gasteiger partial charge in [0.05, 0.1) is 17.2 Å². The van der Waals surface area contributed by atoms with Crippen LogP contribution in [0, 0.1) is 17.2 Å². The molecule has 1 aromatic carbocycles. The van der Waals surface area contributed by atoms with E-state index in [9.17, 15) is 24.4 Å². The molecule has 0 aromatic heterocycles. The summed E-state index contributed by atoms with van der Waals surface area (Å²) in [6.07, 6.45) is 1.73. The first-order chi connectivity index (χ1) is 12.4. The van der Waals surface area contributed by atoms with Crippen LogP contribution in [0.1, 0.15) is 40.5 Å². The summed E-state index contributed by atoms with van der Waals surface area (Å²) in [7, 11) is 0. The van der Waals surface area contributed by atoms with Crippen LogP contribution < -0.4 is 5.32 Å². The van der Waals surface area contributed by atoms with Crippen molar-refractivity contribution in [1.29, 1.82) is 5.26 Å². The Morgan fingerprint density at radius 1 is 1.27 bits per heavy atom. The number of nitrogens with one attached hydrogen (secondary N) is 1. The van der Waals surface area contributed by atoms with Crippen molar-refractivity contribution >= 4 is 23.7 Å². The molecule has 8 heteroatoms. The topological polar surface area (TPSA) is 117 Å². The van der Waals surface area contributed by atoms with Crippen molar-refractivity contribution in [2.75, 3.05) is 13.2 Å². The SMILES string of the molecule is C[C@](C#N)(NC(=O)COC(=O)CN1C(=O)c2ccccc2C1=O)C1CC1. The van der Waals surface area contributed by atoms with E-state index in [0.29, 0.717) is 0 Å². The fourth-order valence-corrected chi connectivity index (χ4v) is 2.91. The van der Waals surface area contributed by atoms with Crippen molar-refractivity contribution in [2.24, 2.45) is 5.92 Å². The molecule has 0 saturated heterocycles. The number of esters is 1. The van der Waals surface area contributed by atoms with Crippen LogP contribution in [0.3, 0.4) is 0 Å². The van der Waals surface area contributed by atoms with Gasteiger partial charge in [-0.05, 0) is 37.8 Å². The lowest BCUT2D eigenvalue weighted by Gasteiger charge is -2.22. The summed E-state index contributed by atoms with van der Waals surface area (Å²) < 4.78 is 4.85. The highest BCUT2D eigenvalue weighted by Crippen LogP contribution is 2.39. The second kappa shape index (κ2) is 6.59. The maximum absolute atomic E-state index is 12.2. The zero-order chi connectivity index (χ0) is 18.9. The normalized spacial score (nSPS) is 17.9. The Labute approximate surface area is 149 Å². The fraction of sp³-hybridized carbons (Fsp3) is 0.389. The van der Waals surface area contributed by atoms with Gasteiger partial charge in [-0.15, -0.1) is 0 Å². The Kier molecular flexibility index (Phi) is 4.47. The number of fused-ring (bicyclic) bond motifs is 1. The highest BCUT2D eigenvalue weighted by Gasteiger charge is 2.43. The molecule has 1 aliphatic heterocycles. The Morgan fingerprint density at radius 2 is 1.85 bits per heavy atom. The summed E-state index contributed by atoms with van der Waals surface area (Å²) in [5, 5.41) is 11.8. The number of nitrogens with zero attached hydrogens (tertiary/aromatic N) is 2. The van der Waals surface area contributed by atoms with Crippen LogP contribution in [-0.4, -0.2) is 47.3 Å². The standard InChI is InChI=1S/C18H17N3O5/c1-18(10-19,11-6-7-11)20-14(22)9-26-15(23)8-21-16(24)12-4-2-3-5-13(12)17(21)25/h2-5,11H,6-9H2,1H3,(H,20,22)/t18-/m1/s1. The zero-order valence-corrected chi connectivity index (χ0v) is 14.2. The van der Waals surface area contributed by atoms with Crippen molar-refractivity contribution < 1.29 is 23.9 Å². The smallest absolute Gasteiger partial charge is 0.326 e. The second-order valence-corrected chi connectivity index (χ2v) is 6.54. The van der Waals surface area contributed by atoms with Gasteiger partial charge in [0.2, 0.25) is 0 Å². The average Bonchev–Trinajstić information content (AvgIpc) is 3.46. The molecule has 0 radical (unpaired) electrons. The molecule has 0 spiro atoms. The van der Waals surface area contributed by atoms with Gasteiger partial charge < -0.3 is 10.1 Å². The molecule has 3 rings (SSSR count). The third-order valence-electron chi connectivity index (χ3n) is 4.55. The molecule has 1 aliphatic carbocycles. The minimum absolute atomic E-state index is 0.102. The monoisotopic (exact) mass is 355 g/mol. The van der Waals surface area contributed by atoms with Crippen molar-refractivity contribution in [3.8, 4) is 6.07 Å². The minimum atomic E-state index is -0.980. The number of rotatable bonds is 6. The molecule has 1 atom stereocenters. The quantitative estimate of drug-likeness (QED) is 0.591. The molecule has 3 amide bonds. The molecule has 0 bridgehead atoms. The predicted molar refractivity (Wildman–Crippen MR) is 87.7 cm³/mol. The minimum Gasteiger partial charge on any atom is -0.454 e. The summed E-state index contributed by atoms with van der Waals surface area (Å²) >= 11 is 0. The summed E-state index contributed by atoms with van der Waals surface area (Å²) in [6.45, 7) is 0.479. The van der Waals surface area contributed by atoms with Gasteiger partial charge >= 0.3 is 5.97 Å². The van der Waals surface area contributed by atoms with Crippen LogP contribution >= 0.6 is 0 Å². The van der Waals surface area contributed by atoms with Gasteiger partial charge in [0.1, 0.15) is 12.1 Å². The second-order valence-electron chi connectivity index (χ2n) is 6.54. The van der Waals surface area contributed by atoms with E-state index in [-0.39, 0.29) is 17.0 Å². The average molecular weight is 355 g/mol. The first-order valence-electron chi connectivity index (χ1n) is 8.19. The predicted octanol–water partition coefficient (Wildman–Crippen LogP) is 0.634. The lowest BCUT2D eigenvalue weighted by atomic mass is 9.98. The van der Waals surface area contributed by atoms with Crippen molar-refractivity contribution in [3.05, 3.63) is 35.4 Å². The number of hydrogen-bond donors (Lipinski definition) is 1. The van der Waals surface area contributed by atoms with E-state index >= 15 is 0 Å². The van der Waals surface area contributed by atoms with Crippen LogP contribution in [0.25, 0.3) is 0 Å². The van der Waals surface area contributed by atoms with Gasteiger partial charge in [-0.3, -0.25) is 24.1 Å². The Hall–Kier alpha value is -3.21. The molecular weight excluding hydrogens is 338 g/mol. The maximum Gasteiger partial charge on any atom is 0.326 e. The van der Waals surface area contributed by atoms with E-state index < -0.39 is 42.4 Å². The number of hydrogen-bond acceptors (Lipinski definition) is 6. The van der Waals surface area contributed by atoms with Crippen molar-refractivity contribution in [3.63, 3.8) is 0 Å². The molecule has 1 heterocycles. The van der Waals surface area contributed by atoms with Gasteiger partial charge in [-0.2, -0.15) is 5.26 Å². The molecule has 2 aliphatic rings. The van der Waals surface area contributed by atoms with Gasteiger partial charge in [-0.25, -0.2) is 0 Å². The summed E-state index contributed by atoms with van der Waals surface area (Å²) in [4.78, 5) is 49.0. The number of imide groups is 1. The molecule has 134 valence electrons. The van der Waals surface area contributed by atoms with E-state index in [0.717, 1.165) is 17.7 Å². The van der Waals surface area contributed by atoms with E-state index in [1.165, 1.54) is 12.1 Å². The van der Waals surface area contributed by atoms with Gasteiger partial charge in [-0.1, -0.05) is 12.1 Å². The fourth-order valence-electron chi connectivity index (χ4n) is 2.91. The van der Waals surface area contributed by atoms with E-state index in [4.69, 9.17) is 4.74 Å². The number of carbonyl (C=O) groups excluding carboxylic acids is 4. The van der Waals surface area contributed by atoms with Crippen LogP contribution in [0.2, 0.25) is 0 Å². The summed E-state index contributed by atoms with van der Waals surface area (Å²) in [5.41, 5.74) is -0.513. The highest BCUT2D eigenvalue weighted by molar-refractivity contribution is 6.22. The first-order valence-corrected chi connectivity index (χ1v) is 8.19. The number of ether oxygens (including phenoxy) is 1. The number of benzene rings is 1. The number of amides is 3. The third kappa shape index (κ3) is 3.28. The Morgan fingerprint density at radius 3 is 2.35 bits per heavy atom. The third-order valence-corrected chi connectivity index (χ3v) is 4.55. The summed E-state index contributed by atoms with van der Waals surface area (Å²) in [5.74, 6) is -2.52. The number of carbonyl (C=O) groups is 4. The van der Waals surface area contributed by atoms with Crippen LogP contribution in [-0.2, 0) is 14.3 Å². The van der Waals surface area contributed by atoms with E-state index in [2.05, 4.69) is 11.4 Å². The van der Waals surface area contributed by atoms with E-state index in [1.54, 1.807) is 19.1 Å². The lowest BCUT2D eigenvalue weighted by molar-refractivity contribution is -0.149. The zero-order valence-electron chi connectivity index (χ0n) is 14.2. The van der Waals surface area contributed by atoms with Crippen LogP contribution in [0.4, 0.5) is 0 Å². The van der Waals surface area contributed by atoms with E-state index in [1.807, 2.05) is 0 Å². The number of nitriles is 1. The Bertz CT molecular complexity index is 804. The maximum atomic E-state index is 12.2. The first kappa shape index (κ1) is 17.6. The lowest BCUT2D eigenvalue weighted by Crippen LogP contribution is -2.48. The molecule has 8 nitrogen and oxygen atoms in total. The van der Waals surface area contributed by atoms with Crippen LogP contribution in [0.5, 0.6) is 0 Å². The molecule has 1 N–H and O–H groups in total. The largest absolute Gasteiger partial charge is 0.454 e. The molecule has 0 unspecified atom stereocenters. The van der Waals surface area contributed by atoms with Gasteiger partial charge in [0, 0.05) is 0 Å². The van der Waals surface area contributed by atoms with Gasteiger partial charge in [0.25, 0.3) is 17.7 Å². The molecule has 26 heavy (non-hydrogen) atoms. The van der Waals surface area contributed by atoms with Crippen LogP contribution in [0.15, 0.2) is 24.3 Å². The van der Waals surface area contributed by atoms with Crippen molar-refractivity contribution in [1.82, 2.24) is 10.2 Å². The molecule has 1 saturated carbocycles. The Balaban J connectivity index is 1.52. The van der Waals surface area contributed by atoms with Crippen molar-refractivity contribution in [2.45, 2.75) is 25.3 Å². The molecular formula is C18H17N3O5. The van der Waals surface area contributed by atoms with Gasteiger partial charge in [0.15, 0.2) is 6.61 Å². The molecule has 1 aromatic rings.